The van der Waals surface area contributed by atoms with Crippen molar-refractivity contribution in [3.05, 3.63) is 18.5 Å². The highest BCUT2D eigenvalue weighted by atomic mass is 32.2. The number of nitrogens with one attached hydrogen (secondary N) is 1. The second-order valence-corrected chi connectivity index (χ2v) is 5.36. The van der Waals surface area contributed by atoms with E-state index in [-0.39, 0.29) is 10.7 Å². The van der Waals surface area contributed by atoms with E-state index in [0.717, 1.165) is 31.7 Å². The van der Waals surface area contributed by atoms with Gasteiger partial charge in [0, 0.05) is 25.1 Å². The monoisotopic (exact) mass is 239 g/mol. The second-order valence-electron chi connectivity index (χ2n) is 4.21. The van der Waals surface area contributed by atoms with Crippen LogP contribution in [-0.2, 0) is 10.3 Å². The molecule has 0 radical (unpaired) electrons. The average Bonchev–Trinajstić information content (AvgIpc) is 2.82. The van der Waals surface area contributed by atoms with Gasteiger partial charge in [-0.05, 0) is 32.0 Å². The van der Waals surface area contributed by atoms with Crippen LogP contribution < -0.4 is 5.32 Å². The third-order valence-corrected chi connectivity index (χ3v) is 4.16. The molecule has 2 rings (SSSR count). The number of nitrogens with zero attached hydrogens (tertiary/aromatic N) is 2. The van der Waals surface area contributed by atoms with Crippen molar-refractivity contribution in [1.82, 2.24) is 15.1 Å². The Labute approximate surface area is 99.8 Å². The number of carbonyl (C=O) groups excluding carboxylic acids is 1. The van der Waals surface area contributed by atoms with E-state index in [4.69, 9.17) is 0 Å². The Hall–Kier alpha value is -0.810. The fourth-order valence-electron chi connectivity index (χ4n) is 2.12. The van der Waals surface area contributed by atoms with Crippen LogP contribution in [0.3, 0.4) is 0 Å². The van der Waals surface area contributed by atoms with Crippen LogP contribution in [0.1, 0.15) is 19.8 Å². The number of thioether (sulfide) groups is 1. The number of hydrogen-bond donors (Lipinski definition) is 1. The van der Waals surface area contributed by atoms with Gasteiger partial charge in [-0.25, -0.2) is 0 Å². The zero-order valence-electron chi connectivity index (χ0n) is 9.48. The molecule has 1 fully saturated rings. The number of hydrogen-bond acceptors (Lipinski definition) is 4. The highest BCUT2D eigenvalue weighted by Crippen LogP contribution is 2.30. The standard InChI is InChI=1S/C11H17N3OS/c1-10(15)16-9-11(3-6-12-7-4-11)14-8-2-5-13-14/h2,5,8,12H,3-4,6-7,9H2,1H3. The molecule has 0 atom stereocenters. The van der Waals surface area contributed by atoms with E-state index in [0.29, 0.717) is 0 Å². The van der Waals surface area contributed by atoms with Crippen LogP contribution in [0.15, 0.2) is 18.5 Å². The Morgan fingerprint density at radius 1 is 1.56 bits per heavy atom. The maximum atomic E-state index is 11.1. The van der Waals surface area contributed by atoms with Gasteiger partial charge in [-0.3, -0.25) is 9.48 Å². The summed E-state index contributed by atoms with van der Waals surface area (Å²) in [5.41, 5.74) is 0.0189. The fraction of sp³-hybridized carbons (Fsp3) is 0.636. The molecule has 0 aromatic carbocycles. The number of carbonyl (C=O) groups is 1. The van der Waals surface area contributed by atoms with Gasteiger partial charge in [0.15, 0.2) is 5.12 Å². The molecule has 0 saturated carbocycles. The van der Waals surface area contributed by atoms with E-state index in [2.05, 4.69) is 10.4 Å². The van der Waals surface area contributed by atoms with Gasteiger partial charge in [-0.2, -0.15) is 5.10 Å². The summed E-state index contributed by atoms with van der Waals surface area (Å²) in [6, 6.07) is 1.95. The van der Waals surface area contributed by atoms with E-state index in [1.165, 1.54) is 11.8 Å². The fourth-order valence-corrected chi connectivity index (χ4v) is 3.01. The summed E-state index contributed by atoms with van der Waals surface area (Å²) in [5, 5.41) is 7.89. The van der Waals surface area contributed by atoms with Crippen LogP contribution in [-0.4, -0.2) is 33.7 Å². The van der Waals surface area contributed by atoms with Crippen LogP contribution in [0.4, 0.5) is 0 Å². The van der Waals surface area contributed by atoms with Crippen LogP contribution in [0.5, 0.6) is 0 Å². The molecule has 1 aromatic heterocycles. The Morgan fingerprint density at radius 3 is 2.88 bits per heavy atom. The van der Waals surface area contributed by atoms with E-state index < -0.39 is 0 Å². The normalized spacial score (nSPS) is 19.6. The summed E-state index contributed by atoms with van der Waals surface area (Å²) in [4.78, 5) is 11.1. The number of piperidine rings is 1. The predicted molar refractivity (Wildman–Crippen MR) is 65.4 cm³/mol. The summed E-state index contributed by atoms with van der Waals surface area (Å²) in [6.45, 7) is 3.62. The SMILES string of the molecule is CC(=O)SCC1(n2cccn2)CCNCC1. The van der Waals surface area contributed by atoms with Crippen molar-refractivity contribution < 1.29 is 4.79 Å². The molecule has 5 heteroatoms. The molecule has 0 bridgehead atoms. The molecule has 0 spiro atoms. The van der Waals surface area contributed by atoms with Crippen LogP contribution in [0.2, 0.25) is 0 Å². The third kappa shape index (κ3) is 2.47. The molecule has 1 aliphatic rings. The molecule has 0 unspecified atom stereocenters. The second kappa shape index (κ2) is 5.01. The van der Waals surface area contributed by atoms with Crippen LogP contribution in [0.25, 0.3) is 0 Å². The minimum Gasteiger partial charge on any atom is -0.317 e. The minimum absolute atomic E-state index is 0.0189. The van der Waals surface area contributed by atoms with E-state index >= 15 is 0 Å². The number of rotatable bonds is 3. The summed E-state index contributed by atoms with van der Waals surface area (Å²) in [7, 11) is 0. The van der Waals surface area contributed by atoms with Gasteiger partial charge in [-0.1, -0.05) is 11.8 Å². The summed E-state index contributed by atoms with van der Waals surface area (Å²) >= 11 is 1.41. The first-order valence-electron chi connectivity index (χ1n) is 5.57. The zero-order chi connectivity index (χ0) is 11.4. The molecule has 0 aliphatic carbocycles. The lowest BCUT2D eigenvalue weighted by Crippen LogP contribution is -2.46. The largest absolute Gasteiger partial charge is 0.317 e. The molecule has 88 valence electrons. The van der Waals surface area contributed by atoms with Crippen molar-refractivity contribution in [2.75, 3.05) is 18.8 Å². The van der Waals surface area contributed by atoms with Crippen molar-refractivity contribution in [1.29, 1.82) is 0 Å². The summed E-state index contributed by atoms with van der Waals surface area (Å²) < 4.78 is 2.03. The molecule has 2 heterocycles. The van der Waals surface area contributed by atoms with Gasteiger partial charge in [0.05, 0.1) is 5.54 Å². The topological polar surface area (TPSA) is 46.9 Å². The van der Waals surface area contributed by atoms with Gasteiger partial charge < -0.3 is 5.32 Å². The molecular formula is C11H17N3OS. The summed E-state index contributed by atoms with van der Waals surface area (Å²) in [6.07, 6.45) is 5.89. The quantitative estimate of drug-likeness (QED) is 0.862. The molecule has 1 N–H and O–H groups in total. The van der Waals surface area contributed by atoms with Gasteiger partial charge >= 0.3 is 0 Å². The van der Waals surface area contributed by atoms with Crippen LogP contribution >= 0.6 is 11.8 Å². The molecule has 4 nitrogen and oxygen atoms in total. The Bertz CT molecular complexity index is 344. The first-order chi connectivity index (χ1) is 7.73. The lowest BCUT2D eigenvalue weighted by molar-refractivity contribution is -0.109. The molecule has 1 aromatic rings. The lowest BCUT2D eigenvalue weighted by Gasteiger charge is -2.37. The Morgan fingerprint density at radius 2 is 2.31 bits per heavy atom. The zero-order valence-corrected chi connectivity index (χ0v) is 10.3. The van der Waals surface area contributed by atoms with Crippen molar-refractivity contribution >= 4 is 16.9 Å². The average molecular weight is 239 g/mol. The van der Waals surface area contributed by atoms with E-state index in [1.54, 1.807) is 6.92 Å². The molecule has 16 heavy (non-hydrogen) atoms. The molecule has 0 amide bonds. The molecular weight excluding hydrogens is 222 g/mol. The summed E-state index contributed by atoms with van der Waals surface area (Å²) in [5.74, 6) is 0.825. The Balaban J connectivity index is 2.15. The first kappa shape index (κ1) is 11.7. The maximum absolute atomic E-state index is 11.1. The number of aromatic nitrogens is 2. The van der Waals surface area contributed by atoms with Gasteiger partial charge in [0.2, 0.25) is 0 Å². The highest BCUT2D eigenvalue weighted by molar-refractivity contribution is 8.13. The van der Waals surface area contributed by atoms with Gasteiger partial charge in [0.1, 0.15) is 0 Å². The van der Waals surface area contributed by atoms with Crippen molar-refractivity contribution in [2.45, 2.75) is 25.3 Å². The molecule has 1 saturated heterocycles. The maximum Gasteiger partial charge on any atom is 0.185 e. The smallest absolute Gasteiger partial charge is 0.185 e. The minimum atomic E-state index is 0.0189. The highest BCUT2D eigenvalue weighted by Gasteiger charge is 2.34. The van der Waals surface area contributed by atoms with Crippen molar-refractivity contribution in [3.63, 3.8) is 0 Å². The van der Waals surface area contributed by atoms with Crippen molar-refractivity contribution in [2.24, 2.45) is 0 Å². The van der Waals surface area contributed by atoms with Crippen molar-refractivity contribution in [3.8, 4) is 0 Å². The van der Waals surface area contributed by atoms with Crippen LogP contribution in [0, 0.1) is 0 Å². The van der Waals surface area contributed by atoms with E-state index in [1.807, 2.05) is 23.1 Å². The van der Waals surface area contributed by atoms with E-state index in [9.17, 15) is 4.79 Å². The van der Waals surface area contributed by atoms with Gasteiger partial charge in [0.25, 0.3) is 0 Å². The Kier molecular flexibility index (Phi) is 3.66. The third-order valence-electron chi connectivity index (χ3n) is 3.07. The lowest BCUT2D eigenvalue weighted by atomic mass is 9.90. The predicted octanol–water partition coefficient (Wildman–Crippen LogP) is 1.24. The molecule has 1 aliphatic heterocycles. The van der Waals surface area contributed by atoms with Gasteiger partial charge in [-0.15, -0.1) is 0 Å². The first-order valence-corrected chi connectivity index (χ1v) is 6.56.